The van der Waals surface area contributed by atoms with Crippen LogP contribution >= 0.6 is 0 Å². The van der Waals surface area contributed by atoms with Gasteiger partial charge in [-0.1, -0.05) is 26.0 Å². The molecule has 0 saturated carbocycles. The molecule has 32 heavy (non-hydrogen) atoms. The van der Waals surface area contributed by atoms with Gasteiger partial charge in [-0.3, -0.25) is 9.59 Å². The van der Waals surface area contributed by atoms with Crippen molar-refractivity contribution >= 4 is 23.5 Å². The number of carbonyl (C=O) groups is 3. The first-order valence-corrected chi connectivity index (χ1v) is 10.3. The Bertz CT molecular complexity index is 963. The highest BCUT2D eigenvalue weighted by Gasteiger charge is 2.26. The third-order valence-corrected chi connectivity index (χ3v) is 4.50. The minimum atomic E-state index is -0.910. The van der Waals surface area contributed by atoms with Crippen molar-refractivity contribution < 1.29 is 23.9 Å². The van der Waals surface area contributed by atoms with Crippen LogP contribution in [-0.2, 0) is 20.7 Å². The third kappa shape index (κ3) is 7.43. The Kier molecular flexibility index (Phi) is 9.23. The Morgan fingerprint density at radius 1 is 1.03 bits per heavy atom. The van der Waals surface area contributed by atoms with Crippen LogP contribution in [0, 0.1) is 17.2 Å². The molecule has 0 spiro atoms. The summed E-state index contributed by atoms with van der Waals surface area (Å²) in [6, 6.07) is 14.5. The average molecular weight is 437 g/mol. The highest BCUT2D eigenvalue weighted by atomic mass is 16.5. The van der Waals surface area contributed by atoms with Crippen LogP contribution < -0.4 is 15.4 Å². The van der Waals surface area contributed by atoms with Gasteiger partial charge in [-0.05, 0) is 54.8 Å². The summed E-state index contributed by atoms with van der Waals surface area (Å²) in [4.78, 5) is 37.1. The second-order valence-electron chi connectivity index (χ2n) is 7.34. The zero-order valence-electron chi connectivity index (χ0n) is 18.4. The van der Waals surface area contributed by atoms with Gasteiger partial charge in [-0.2, -0.15) is 5.26 Å². The molecule has 8 nitrogen and oxygen atoms in total. The van der Waals surface area contributed by atoms with Gasteiger partial charge in [0.25, 0.3) is 11.8 Å². The second kappa shape index (κ2) is 12.1. The van der Waals surface area contributed by atoms with Gasteiger partial charge >= 0.3 is 5.97 Å². The Morgan fingerprint density at radius 2 is 1.69 bits per heavy atom. The quantitative estimate of drug-likeness (QED) is 0.552. The molecule has 1 unspecified atom stereocenters. The maximum absolute atomic E-state index is 12.5. The van der Waals surface area contributed by atoms with Gasteiger partial charge in [0.15, 0.2) is 6.61 Å². The molecule has 0 aliphatic rings. The van der Waals surface area contributed by atoms with E-state index in [0.29, 0.717) is 23.6 Å². The number of nitrogens with one attached hydrogen (secondary N) is 2. The van der Waals surface area contributed by atoms with E-state index in [2.05, 4.69) is 10.6 Å². The van der Waals surface area contributed by atoms with Crippen LogP contribution in [0.2, 0.25) is 0 Å². The van der Waals surface area contributed by atoms with E-state index in [1.54, 1.807) is 62.4 Å². The highest BCUT2D eigenvalue weighted by molar-refractivity contribution is 5.97. The van der Waals surface area contributed by atoms with Crippen LogP contribution in [0.1, 0.15) is 36.7 Å². The predicted octanol–water partition coefficient (Wildman–Crippen LogP) is 3.09. The third-order valence-electron chi connectivity index (χ3n) is 4.50. The first kappa shape index (κ1) is 24.4. The largest absolute Gasteiger partial charge is 0.494 e. The lowest BCUT2D eigenvalue weighted by Crippen LogP contribution is -2.45. The van der Waals surface area contributed by atoms with Crippen LogP contribution in [0.15, 0.2) is 48.5 Å². The molecule has 2 aromatic rings. The number of hydrogen-bond acceptors (Lipinski definition) is 6. The lowest BCUT2D eigenvalue weighted by atomic mass is 10.0. The predicted molar refractivity (Wildman–Crippen MR) is 119 cm³/mol. The maximum atomic E-state index is 12.5. The molecule has 0 saturated heterocycles. The standard InChI is InChI=1S/C24H27N3O5/c1-4-31-20-11-7-18(8-12-20)23(29)27-22(16(2)3)24(30)32-15-21(28)26-19-9-5-17(6-10-19)13-14-25/h5-12,16,22H,4,13,15H2,1-3H3,(H,26,28)(H,27,29). The minimum absolute atomic E-state index is 0.245. The Balaban J connectivity index is 1.89. The van der Waals surface area contributed by atoms with Crippen molar-refractivity contribution in [2.24, 2.45) is 5.92 Å². The van der Waals surface area contributed by atoms with E-state index >= 15 is 0 Å². The number of ether oxygens (including phenoxy) is 2. The van der Waals surface area contributed by atoms with Crippen molar-refractivity contribution in [3.05, 3.63) is 59.7 Å². The number of amides is 2. The summed E-state index contributed by atoms with van der Waals surface area (Å²) in [5.41, 5.74) is 1.74. The highest BCUT2D eigenvalue weighted by Crippen LogP contribution is 2.14. The number of rotatable bonds is 10. The van der Waals surface area contributed by atoms with Gasteiger partial charge in [-0.25, -0.2) is 4.79 Å². The molecule has 2 N–H and O–H groups in total. The number of nitriles is 1. The smallest absolute Gasteiger partial charge is 0.329 e. The molecule has 0 bridgehead atoms. The Morgan fingerprint density at radius 3 is 2.25 bits per heavy atom. The summed E-state index contributed by atoms with van der Waals surface area (Å²) in [7, 11) is 0. The summed E-state index contributed by atoms with van der Waals surface area (Å²) in [5, 5.41) is 14.0. The molecule has 2 rings (SSSR count). The number of benzene rings is 2. The summed E-state index contributed by atoms with van der Waals surface area (Å²) >= 11 is 0. The number of hydrogen-bond donors (Lipinski definition) is 2. The molecule has 0 aliphatic heterocycles. The fourth-order valence-corrected chi connectivity index (χ4v) is 2.81. The van der Waals surface area contributed by atoms with E-state index in [9.17, 15) is 14.4 Å². The van der Waals surface area contributed by atoms with E-state index < -0.39 is 30.4 Å². The number of carbonyl (C=O) groups excluding carboxylic acids is 3. The summed E-state index contributed by atoms with van der Waals surface area (Å²) in [6.07, 6.45) is 0.283. The fraction of sp³-hybridized carbons (Fsp3) is 0.333. The Hall–Kier alpha value is -3.86. The van der Waals surface area contributed by atoms with Crippen molar-refractivity contribution in [3.63, 3.8) is 0 Å². The summed E-state index contributed by atoms with van der Waals surface area (Å²) in [5.74, 6) is -1.23. The molecule has 168 valence electrons. The fourth-order valence-electron chi connectivity index (χ4n) is 2.81. The molecular formula is C24H27N3O5. The Labute approximate surface area is 187 Å². The van der Waals surface area contributed by atoms with E-state index in [1.807, 2.05) is 13.0 Å². The van der Waals surface area contributed by atoms with Crippen LogP contribution in [0.25, 0.3) is 0 Å². The molecule has 0 radical (unpaired) electrons. The van der Waals surface area contributed by atoms with Gasteiger partial charge in [0, 0.05) is 11.3 Å². The van der Waals surface area contributed by atoms with E-state index in [4.69, 9.17) is 14.7 Å². The molecule has 1 atom stereocenters. The van der Waals surface area contributed by atoms with Gasteiger partial charge in [-0.15, -0.1) is 0 Å². The van der Waals surface area contributed by atoms with Gasteiger partial charge in [0.05, 0.1) is 19.1 Å². The van der Waals surface area contributed by atoms with Crippen molar-refractivity contribution in [2.45, 2.75) is 33.2 Å². The molecule has 0 fully saturated rings. The summed E-state index contributed by atoms with van der Waals surface area (Å²) < 4.78 is 10.5. The van der Waals surface area contributed by atoms with Crippen molar-refractivity contribution in [1.29, 1.82) is 5.26 Å². The monoisotopic (exact) mass is 437 g/mol. The van der Waals surface area contributed by atoms with Crippen LogP contribution in [0.4, 0.5) is 5.69 Å². The van der Waals surface area contributed by atoms with Crippen LogP contribution in [0.3, 0.4) is 0 Å². The van der Waals surface area contributed by atoms with Gasteiger partial charge < -0.3 is 20.1 Å². The van der Waals surface area contributed by atoms with E-state index in [0.717, 1.165) is 5.56 Å². The molecule has 0 aliphatic carbocycles. The van der Waals surface area contributed by atoms with E-state index in [1.165, 1.54) is 0 Å². The lowest BCUT2D eigenvalue weighted by molar-refractivity contribution is -0.150. The number of nitrogens with zero attached hydrogens (tertiary/aromatic N) is 1. The molecule has 0 heterocycles. The number of esters is 1. The average Bonchev–Trinajstić information content (AvgIpc) is 2.77. The van der Waals surface area contributed by atoms with Crippen molar-refractivity contribution in [1.82, 2.24) is 5.32 Å². The molecule has 8 heteroatoms. The zero-order valence-corrected chi connectivity index (χ0v) is 18.4. The normalized spacial score (nSPS) is 11.2. The number of anilines is 1. The summed E-state index contributed by atoms with van der Waals surface area (Å²) in [6.45, 7) is 5.45. The van der Waals surface area contributed by atoms with Crippen molar-refractivity contribution in [3.8, 4) is 11.8 Å². The molecule has 2 aromatic carbocycles. The topological polar surface area (TPSA) is 118 Å². The first-order chi connectivity index (χ1) is 15.3. The lowest BCUT2D eigenvalue weighted by Gasteiger charge is -2.21. The first-order valence-electron chi connectivity index (χ1n) is 10.3. The van der Waals surface area contributed by atoms with Crippen LogP contribution in [0.5, 0.6) is 5.75 Å². The van der Waals surface area contributed by atoms with Crippen LogP contribution in [-0.4, -0.2) is 37.0 Å². The second-order valence-corrected chi connectivity index (χ2v) is 7.34. The van der Waals surface area contributed by atoms with Crippen molar-refractivity contribution in [2.75, 3.05) is 18.5 Å². The molecule has 2 amide bonds. The molecule has 0 aromatic heterocycles. The van der Waals surface area contributed by atoms with Gasteiger partial charge in [0.1, 0.15) is 11.8 Å². The SMILES string of the molecule is CCOc1ccc(C(=O)NC(C(=O)OCC(=O)Nc2ccc(CC#N)cc2)C(C)C)cc1. The van der Waals surface area contributed by atoms with E-state index in [-0.39, 0.29) is 12.3 Å². The minimum Gasteiger partial charge on any atom is -0.494 e. The maximum Gasteiger partial charge on any atom is 0.329 e. The van der Waals surface area contributed by atoms with Gasteiger partial charge in [0.2, 0.25) is 0 Å². The molecular weight excluding hydrogens is 410 g/mol. The zero-order chi connectivity index (χ0) is 23.5.